The van der Waals surface area contributed by atoms with Crippen molar-refractivity contribution in [1.82, 2.24) is 0 Å². The highest BCUT2D eigenvalue weighted by Gasteiger charge is 2.62. The number of rotatable bonds is 22. The molecule has 0 aromatic rings. The van der Waals surface area contributed by atoms with Gasteiger partial charge in [-0.15, -0.1) is 0 Å². The zero-order chi connectivity index (χ0) is 38.3. The number of aliphatic hydroxyl groups is 4. The second-order valence-electron chi connectivity index (χ2n) is 13.9. The first-order chi connectivity index (χ1) is 24.2. The monoisotopic (exact) mass is 734 g/mol. The Labute approximate surface area is 301 Å². The van der Waals surface area contributed by atoms with Gasteiger partial charge in [0.2, 0.25) is 5.79 Å². The van der Waals surface area contributed by atoms with E-state index < -0.39 is 116 Å². The van der Waals surface area contributed by atoms with Gasteiger partial charge in [-0.1, -0.05) is 87.0 Å². The van der Waals surface area contributed by atoms with Gasteiger partial charge in [-0.25, -0.2) is 0 Å². The molecule has 0 saturated carbocycles. The van der Waals surface area contributed by atoms with Crippen LogP contribution in [0.4, 0.5) is 0 Å². The molecule has 51 heavy (non-hydrogen) atoms. The van der Waals surface area contributed by atoms with Gasteiger partial charge in [-0.3, -0.25) is 19.2 Å². The molecular formula is C36H62O15. The number of esters is 4. The fourth-order valence-electron chi connectivity index (χ4n) is 5.58. The van der Waals surface area contributed by atoms with E-state index in [1.165, 1.54) is 0 Å². The Bertz CT molecular complexity index is 1080. The molecule has 2 heterocycles. The topological polar surface area (TPSA) is 214 Å². The maximum absolute atomic E-state index is 13.1. The number of unbranched alkanes of at least 4 members (excludes halogenated alkanes) is 6. The van der Waals surface area contributed by atoms with Crippen LogP contribution in [-0.2, 0) is 52.3 Å². The number of carbonyl (C=O) groups is 4. The van der Waals surface area contributed by atoms with Gasteiger partial charge >= 0.3 is 23.9 Å². The molecule has 2 rings (SSSR count). The number of ether oxygens (including phenoxy) is 7. The molecule has 0 unspecified atom stereocenters. The summed E-state index contributed by atoms with van der Waals surface area (Å²) in [5.41, 5.74) is 0. The molecule has 296 valence electrons. The molecule has 11 atom stereocenters. The Morgan fingerprint density at radius 2 is 1.29 bits per heavy atom. The van der Waals surface area contributed by atoms with Crippen LogP contribution in [0.25, 0.3) is 0 Å². The van der Waals surface area contributed by atoms with Gasteiger partial charge in [0, 0.05) is 6.42 Å². The van der Waals surface area contributed by atoms with Gasteiger partial charge in [0.25, 0.3) is 0 Å². The van der Waals surface area contributed by atoms with Crippen molar-refractivity contribution in [2.75, 3.05) is 19.8 Å². The molecule has 0 bridgehead atoms. The lowest BCUT2D eigenvalue weighted by molar-refractivity contribution is -0.384. The Balaban J connectivity index is 2.45. The van der Waals surface area contributed by atoms with Gasteiger partial charge in [-0.05, 0) is 19.3 Å². The van der Waals surface area contributed by atoms with Crippen LogP contribution in [0.15, 0.2) is 0 Å². The standard InChI is InChI=1S/C36H62O15/c1-8-11-12-13-14-15-16-17-26(39)45-19-25-29(47-33(43)22(6)9-2)30(48-34(44)23(7)10-3)28(41)35(46-25)51-36(20-38)31(49-32(42)21(4)5)27(40)24(18-37)50-36/h21-25,27-31,35,37-38,40-41H,8-20H2,1-7H3/t22-,23-,24-,25-,27-,28-,29-,30-,31+,35-,36+/m1/s1. The summed E-state index contributed by atoms with van der Waals surface area (Å²) in [6.45, 7) is 9.70. The Morgan fingerprint density at radius 1 is 0.725 bits per heavy atom. The van der Waals surface area contributed by atoms with E-state index >= 15 is 0 Å². The van der Waals surface area contributed by atoms with Crippen LogP contribution in [0, 0.1) is 17.8 Å². The van der Waals surface area contributed by atoms with Gasteiger partial charge in [0.15, 0.2) is 24.6 Å². The van der Waals surface area contributed by atoms with Gasteiger partial charge in [0.05, 0.1) is 24.4 Å². The normalized spacial score (nSPS) is 30.4. The van der Waals surface area contributed by atoms with E-state index in [1.807, 2.05) is 0 Å². The Kier molecular flexibility index (Phi) is 19.3. The molecule has 0 radical (unpaired) electrons. The second-order valence-corrected chi connectivity index (χ2v) is 13.9. The van der Waals surface area contributed by atoms with E-state index in [1.54, 1.807) is 41.5 Å². The van der Waals surface area contributed by atoms with Crippen molar-refractivity contribution in [3.05, 3.63) is 0 Å². The van der Waals surface area contributed by atoms with Crippen molar-refractivity contribution in [2.24, 2.45) is 17.8 Å². The number of hydrogen-bond acceptors (Lipinski definition) is 15. The maximum Gasteiger partial charge on any atom is 0.309 e. The van der Waals surface area contributed by atoms with E-state index in [-0.39, 0.29) is 6.42 Å². The summed E-state index contributed by atoms with van der Waals surface area (Å²) in [7, 11) is 0. The first kappa shape index (κ1) is 44.8. The average Bonchev–Trinajstić information content (AvgIpc) is 3.38. The highest BCUT2D eigenvalue weighted by atomic mass is 16.8. The van der Waals surface area contributed by atoms with Crippen molar-refractivity contribution < 1.29 is 72.8 Å². The van der Waals surface area contributed by atoms with Crippen molar-refractivity contribution >= 4 is 23.9 Å². The van der Waals surface area contributed by atoms with Crippen LogP contribution in [0.2, 0.25) is 0 Å². The molecular weight excluding hydrogens is 672 g/mol. The molecule has 0 aliphatic carbocycles. The smallest absolute Gasteiger partial charge is 0.309 e. The molecule has 15 heteroatoms. The SMILES string of the molecule is CCCCCCCCCC(=O)OC[C@H]1O[C@H](O[C@]2(CO)O[C@H](CO)[C@@H](O)[C@@H]2OC(=O)C(C)C)[C@H](O)[C@@H](OC(=O)[C@H](C)CC)[C@@H]1OC(=O)[C@H](C)CC. The molecule has 0 aromatic heterocycles. The lowest BCUT2D eigenvalue weighted by Crippen LogP contribution is -2.65. The predicted molar refractivity (Wildman–Crippen MR) is 180 cm³/mol. The molecule has 2 aliphatic rings. The molecule has 2 aliphatic heterocycles. The third-order valence-electron chi connectivity index (χ3n) is 9.45. The largest absolute Gasteiger partial charge is 0.463 e. The maximum atomic E-state index is 13.1. The number of hydrogen-bond donors (Lipinski definition) is 4. The van der Waals surface area contributed by atoms with E-state index in [9.17, 15) is 39.6 Å². The van der Waals surface area contributed by atoms with Crippen LogP contribution < -0.4 is 0 Å². The highest BCUT2D eigenvalue weighted by molar-refractivity contribution is 5.73. The van der Waals surface area contributed by atoms with E-state index in [2.05, 4.69) is 6.92 Å². The lowest BCUT2D eigenvalue weighted by atomic mass is 9.97. The third kappa shape index (κ3) is 12.6. The molecule has 15 nitrogen and oxygen atoms in total. The Morgan fingerprint density at radius 3 is 1.82 bits per heavy atom. The van der Waals surface area contributed by atoms with Crippen molar-refractivity contribution in [2.45, 2.75) is 167 Å². The summed E-state index contributed by atoms with van der Waals surface area (Å²) in [5.74, 6) is -6.98. The van der Waals surface area contributed by atoms with E-state index in [4.69, 9.17) is 33.2 Å². The van der Waals surface area contributed by atoms with Crippen molar-refractivity contribution in [1.29, 1.82) is 0 Å². The summed E-state index contributed by atoms with van der Waals surface area (Å²) < 4.78 is 40.3. The quantitative estimate of drug-likeness (QED) is 0.0715. The van der Waals surface area contributed by atoms with Crippen LogP contribution in [0.5, 0.6) is 0 Å². The summed E-state index contributed by atoms with van der Waals surface area (Å²) >= 11 is 0. The van der Waals surface area contributed by atoms with Crippen LogP contribution in [0.1, 0.15) is 113 Å². The first-order valence-electron chi connectivity index (χ1n) is 18.6. The summed E-state index contributed by atoms with van der Waals surface area (Å²) in [6, 6.07) is 0. The zero-order valence-electron chi connectivity index (χ0n) is 31.3. The second kappa shape index (κ2) is 22.0. The molecule has 4 N–H and O–H groups in total. The number of carbonyl (C=O) groups excluding carboxylic acids is 4. The lowest BCUT2D eigenvalue weighted by Gasteiger charge is -2.46. The minimum absolute atomic E-state index is 0.123. The zero-order valence-corrected chi connectivity index (χ0v) is 31.3. The van der Waals surface area contributed by atoms with Gasteiger partial charge < -0.3 is 53.6 Å². The fourth-order valence-corrected chi connectivity index (χ4v) is 5.58. The van der Waals surface area contributed by atoms with E-state index in [0.29, 0.717) is 19.3 Å². The van der Waals surface area contributed by atoms with Gasteiger partial charge in [-0.2, -0.15) is 0 Å². The minimum atomic E-state index is -2.38. The minimum Gasteiger partial charge on any atom is -0.463 e. The summed E-state index contributed by atoms with van der Waals surface area (Å²) in [5, 5.41) is 43.0. The fraction of sp³-hybridized carbons (Fsp3) is 0.889. The third-order valence-corrected chi connectivity index (χ3v) is 9.45. The van der Waals surface area contributed by atoms with Crippen LogP contribution in [0.3, 0.4) is 0 Å². The van der Waals surface area contributed by atoms with Crippen molar-refractivity contribution in [3.63, 3.8) is 0 Å². The average molecular weight is 735 g/mol. The van der Waals surface area contributed by atoms with Crippen molar-refractivity contribution in [3.8, 4) is 0 Å². The summed E-state index contributed by atoms with van der Waals surface area (Å²) in [6.07, 6.45) is -5.12. The summed E-state index contributed by atoms with van der Waals surface area (Å²) in [4.78, 5) is 51.7. The Hall–Kier alpha value is -2.40. The van der Waals surface area contributed by atoms with Gasteiger partial charge in [0.1, 0.15) is 37.6 Å². The molecule has 0 spiro atoms. The first-order valence-corrected chi connectivity index (χ1v) is 18.6. The molecule has 0 aromatic carbocycles. The molecule has 2 fully saturated rings. The number of aliphatic hydroxyl groups excluding tert-OH is 4. The van der Waals surface area contributed by atoms with Crippen LogP contribution in [-0.4, -0.2) is 119 Å². The van der Waals surface area contributed by atoms with Crippen LogP contribution >= 0.6 is 0 Å². The molecule has 2 saturated heterocycles. The molecule has 0 amide bonds. The predicted octanol–water partition coefficient (Wildman–Crippen LogP) is 2.70. The highest BCUT2D eigenvalue weighted by Crippen LogP contribution is 2.39. The van der Waals surface area contributed by atoms with E-state index in [0.717, 1.165) is 38.5 Å².